The Hall–Kier alpha value is -2.33. The van der Waals surface area contributed by atoms with Gasteiger partial charge in [-0.05, 0) is 48.2 Å². The fourth-order valence-electron chi connectivity index (χ4n) is 3.65. The predicted octanol–water partition coefficient (Wildman–Crippen LogP) is 3.30. The van der Waals surface area contributed by atoms with E-state index in [-0.39, 0.29) is 23.8 Å². The topological polar surface area (TPSA) is 52.6 Å². The summed E-state index contributed by atoms with van der Waals surface area (Å²) in [6.07, 6.45) is 0.884. The maximum atomic E-state index is 12.6. The molecule has 4 heteroatoms. The lowest BCUT2D eigenvalue weighted by Crippen LogP contribution is -2.46. The molecule has 1 aliphatic heterocycles. The number of rotatable bonds is 5. The largest absolute Gasteiger partial charge is 0.508 e. The normalized spacial score (nSPS) is 19.4. The van der Waals surface area contributed by atoms with Gasteiger partial charge in [-0.2, -0.15) is 0 Å². The minimum atomic E-state index is -0.0736. The van der Waals surface area contributed by atoms with Crippen LogP contribution in [0.4, 0.5) is 0 Å². The van der Waals surface area contributed by atoms with E-state index in [0.717, 1.165) is 13.0 Å². The molecule has 1 amide bonds. The summed E-state index contributed by atoms with van der Waals surface area (Å²) in [6.45, 7) is 5.53. The summed E-state index contributed by atoms with van der Waals surface area (Å²) >= 11 is 0. The second-order valence-corrected chi connectivity index (χ2v) is 7.46. The molecular weight excluding hydrogens is 324 g/mol. The van der Waals surface area contributed by atoms with Crippen molar-refractivity contribution in [3.8, 4) is 5.75 Å². The smallest absolute Gasteiger partial charge is 0.223 e. The van der Waals surface area contributed by atoms with Gasteiger partial charge in [0, 0.05) is 25.0 Å². The zero-order valence-corrected chi connectivity index (χ0v) is 15.8. The molecule has 0 spiro atoms. The van der Waals surface area contributed by atoms with Crippen LogP contribution in [0.3, 0.4) is 0 Å². The van der Waals surface area contributed by atoms with Crippen molar-refractivity contribution in [1.29, 1.82) is 0 Å². The average Bonchev–Trinajstić information content (AvgIpc) is 2.65. The summed E-state index contributed by atoms with van der Waals surface area (Å²) in [6, 6.07) is 16.0. The van der Waals surface area contributed by atoms with Crippen LogP contribution in [0, 0.1) is 5.92 Å². The van der Waals surface area contributed by atoms with E-state index in [0.29, 0.717) is 12.3 Å². The Morgan fingerprint density at radius 2 is 1.92 bits per heavy atom. The van der Waals surface area contributed by atoms with Gasteiger partial charge in [-0.15, -0.1) is 0 Å². The number of likely N-dealkylation sites (N-methyl/N-ethyl adjacent to an activating group) is 1. The van der Waals surface area contributed by atoms with Gasteiger partial charge in [0.15, 0.2) is 0 Å². The molecule has 1 heterocycles. The second kappa shape index (κ2) is 7.92. The molecule has 2 N–H and O–H groups in total. The highest BCUT2D eigenvalue weighted by Crippen LogP contribution is 2.26. The van der Waals surface area contributed by atoms with E-state index in [1.807, 2.05) is 37.3 Å². The maximum absolute atomic E-state index is 12.6. The van der Waals surface area contributed by atoms with Crippen LogP contribution in [0.5, 0.6) is 5.75 Å². The first-order chi connectivity index (χ1) is 12.5. The van der Waals surface area contributed by atoms with Crippen molar-refractivity contribution < 1.29 is 9.90 Å². The first-order valence-corrected chi connectivity index (χ1v) is 9.29. The number of carbonyl (C=O) groups is 1. The number of nitrogens with zero attached hydrogens (tertiary/aromatic N) is 1. The molecule has 0 aliphatic carbocycles. The minimum absolute atomic E-state index is 0.0736. The van der Waals surface area contributed by atoms with E-state index in [1.54, 1.807) is 6.07 Å². The second-order valence-electron chi connectivity index (χ2n) is 7.46. The zero-order chi connectivity index (χ0) is 18.7. The predicted molar refractivity (Wildman–Crippen MR) is 104 cm³/mol. The number of nitrogens with one attached hydrogen (secondary N) is 1. The zero-order valence-electron chi connectivity index (χ0n) is 15.8. The fourth-order valence-corrected chi connectivity index (χ4v) is 3.65. The highest BCUT2D eigenvalue weighted by Gasteiger charge is 2.26. The van der Waals surface area contributed by atoms with Crippen molar-refractivity contribution in [2.75, 3.05) is 13.6 Å². The first-order valence-electron chi connectivity index (χ1n) is 9.29. The van der Waals surface area contributed by atoms with E-state index >= 15 is 0 Å². The molecule has 138 valence electrons. The van der Waals surface area contributed by atoms with Crippen molar-refractivity contribution >= 4 is 5.91 Å². The summed E-state index contributed by atoms with van der Waals surface area (Å²) in [7, 11) is 2.07. The Morgan fingerprint density at radius 1 is 1.19 bits per heavy atom. The molecule has 0 bridgehead atoms. The van der Waals surface area contributed by atoms with Crippen LogP contribution in [-0.2, 0) is 17.8 Å². The van der Waals surface area contributed by atoms with Crippen molar-refractivity contribution in [3.63, 3.8) is 0 Å². The number of amides is 1. The highest BCUT2D eigenvalue weighted by atomic mass is 16.3. The van der Waals surface area contributed by atoms with E-state index in [2.05, 4.69) is 36.3 Å². The monoisotopic (exact) mass is 352 g/mol. The summed E-state index contributed by atoms with van der Waals surface area (Å²) in [5.74, 6) is 0.526. The molecule has 0 saturated carbocycles. The van der Waals surface area contributed by atoms with Crippen molar-refractivity contribution in [2.45, 2.75) is 38.8 Å². The number of phenolic OH excluding ortho intramolecular Hbond substituents is 1. The molecule has 2 aromatic carbocycles. The number of fused-ring (bicyclic) bond motifs is 1. The van der Waals surface area contributed by atoms with Gasteiger partial charge in [-0.25, -0.2) is 0 Å². The molecule has 4 nitrogen and oxygen atoms in total. The van der Waals surface area contributed by atoms with Gasteiger partial charge < -0.3 is 10.4 Å². The van der Waals surface area contributed by atoms with Crippen LogP contribution >= 0.6 is 0 Å². The lowest BCUT2D eigenvalue weighted by molar-refractivity contribution is -0.125. The molecular formula is C22H28N2O2. The Labute approximate surface area is 155 Å². The summed E-state index contributed by atoms with van der Waals surface area (Å²) in [4.78, 5) is 14.9. The lowest BCUT2D eigenvalue weighted by atomic mass is 9.88. The van der Waals surface area contributed by atoms with E-state index in [1.165, 1.54) is 16.7 Å². The van der Waals surface area contributed by atoms with Gasteiger partial charge in [-0.1, -0.05) is 50.2 Å². The number of hydrogen-bond acceptors (Lipinski definition) is 3. The van der Waals surface area contributed by atoms with Gasteiger partial charge in [0.25, 0.3) is 0 Å². The average molecular weight is 352 g/mol. The van der Waals surface area contributed by atoms with Gasteiger partial charge >= 0.3 is 0 Å². The van der Waals surface area contributed by atoms with E-state index in [4.69, 9.17) is 0 Å². The van der Waals surface area contributed by atoms with Crippen LogP contribution in [0.2, 0.25) is 0 Å². The summed E-state index contributed by atoms with van der Waals surface area (Å²) in [5.41, 5.74) is 3.62. The lowest BCUT2D eigenvalue weighted by Gasteiger charge is -2.34. The van der Waals surface area contributed by atoms with E-state index < -0.39 is 0 Å². The molecule has 0 aromatic heterocycles. The van der Waals surface area contributed by atoms with Crippen LogP contribution in [-0.4, -0.2) is 35.5 Å². The maximum Gasteiger partial charge on any atom is 0.223 e. The Kier molecular flexibility index (Phi) is 5.62. The third kappa shape index (κ3) is 4.07. The van der Waals surface area contributed by atoms with Crippen LogP contribution in [0.1, 0.15) is 36.5 Å². The number of phenols is 1. The molecule has 0 saturated heterocycles. The van der Waals surface area contributed by atoms with Crippen molar-refractivity contribution in [1.82, 2.24) is 10.2 Å². The number of aromatic hydroxyl groups is 1. The molecule has 2 aromatic rings. The van der Waals surface area contributed by atoms with Crippen LogP contribution in [0.15, 0.2) is 48.5 Å². The van der Waals surface area contributed by atoms with Gasteiger partial charge in [0.05, 0.1) is 0 Å². The van der Waals surface area contributed by atoms with Gasteiger partial charge in [0.1, 0.15) is 5.75 Å². The first kappa shape index (κ1) is 18.5. The van der Waals surface area contributed by atoms with Crippen molar-refractivity contribution in [2.24, 2.45) is 5.92 Å². The molecule has 1 unspecified atom stereocenters. The molecule has 1 aliphatic rings. The van der Waals surface area contributed by atoms with Crippen LogP contribution < -0.4 is 5.32 Å². The SMILES string of the molecule is CC(c1ccccc1)[C@H](C)C(=O)NC[C@@H]1Cc2ccc(O)cc2CN1C. The van der Waals surface area contributed by atoms with Gasteiger partial charge in [-0.3, -0.25) is 9.69 Å². The molecule has 3 rings (SSSR count). The molecule has 0 radical (unpaired) electrons. The third-order valence-corrected chi connectivity index (χ3v) is 5.69. The summed E-state index contributed by atoms with van der Waals surface area (Å²) < 4.78 is 0. The number of benzene rings is 2. The highest BCUT2D eigenvalue weighted by molar-refractivity contribution is 5.79. The van der Waals surface area contributed by atoms with E-state index in [9.17, 15) is 9.90 Å². The molecule has 0 fully saturated rings. The Morgan fingerprint density at radius 3 is 2.65 bits per heavy atom. The third-order valence-electron chi connectivity index (χ3n) is 5.69. The fraction of sp³-hybridized carbons (Fsp3) is 0.409. The molecule has 3 atom stereocenters. The quantitative estimate of drug-likeness (QED) is 0.868. The van der Waals surface area contributed by atoms with Gasteiger partial charge in [0.2, 0.25) is 5.91 Å². The number of hydrogen-bond donors (Lipinski definition) is 2. The molecule has 26 heavy (non-hydrogen) atoms. The Balaban J connectivity index is 1.58. The van der Waals surface area contributed by atoms with Crippen LogP contribution in [0.25, 0.3) is 0 Å². The summed E-state index contributed by atoms with van der Waals surface area (Å²) in [5, 5.41) is 12.8. The van der Waals surface area contributed by atoms with Crippen molar-refractivity contribution in [3.05, 3.63) is 65.2 Å². The number of carbonyl (C=O) groups excluding carboxylic acids is 1. The minimum Gasteiger partial charge on any atom is -0.508 e. The Bertz CT molecular complexity index is 760. The standard InChI is InChI=1S/C22H28N2O2/c1-15(17-7-5-4-6-8-17)16(2)22(26)23-13-20-11-18-9-10-21(25)12-19(18)14-24(20)3/h4-10,12,15-16,20,25H,11,13-14H2,1-3H3,(H,23,26)/t15?,16-,20-/m0/s1.